The van der Waals surface area contributed by atoms with E-state index < -0.39 is 32.4 Å². The van der Waals surface area contributed by atoms with Crippen LogP contribution in [0.25, 0.3) is 0 Å². The van der Waals surface area contributed by atoms with Gasteiger partial charge in [0, 0.05) is 23.2 Å². The predicted octanol–water partition coefficient (Wildman–Crippen LogP) is 3.35. The molecule has 7 nitrogen and oxygen atoms in total. The van der Waals surface area contributed by atoms with E-state index in [-0.39, 0.29) is 22.1 Å². The molecule has 0 aliphatic heterocycles. The highest BCUT2D eigenvalue weighted by Crippen LogP contribution is 2.22. The maximum absolute atomic E-state index is 14.2. The Morgan fingerprint density at radius 2 is 1.84 bits per heavy atom. The van der Waals surface area contributed by atoms with Crippen molar-refractivity contribution in [3.05, 3.63) is 76.3 Å². The Balaban J connectivity index is 1.65. The molecule has 3 aromatic rings. The zero-order valence-electron chi connectivity index (χ0n) is 16.6. The fourth-order valence-electron chi connectivity index (χ4n) is 2.74. The van der Waals surface area contributed by atoms with E-state index in [0.29, 0.717) is 22.5 Å². The molecule has 0 saturated carbocycles. The van der Waals surface area contributed by atoms with E-state index in [1.807, 2.05) is 0 Å². The van der Waals surface area contributed by atoms with Crippen molar-refractivity contribution in [1.82, 2.24) is 10.3 Å². The van der Waals surface area contributed by atoms with Crippen molar-refractivity contribution in [3.63, 3.8) is 0 Å². The second kappa shape index (κ2) is 8.69. The number of halogens is 2. The molecule has 0 aliphatic rings. The molecule has 0 bridgehead atoms. The van der Waals surface area contributed by atoms with Crippen molar-refractivity contribution in [3.8, 4) is 0 Å². The maximum Gasteiger partial charge on any atom is 0.263 e. The molecule has 0 spiro atoms. The summed E-state index contributed by atoms with van der Waals surface area (Å²) < 4.78 is 54.0. The Morgan fingerprint density at radius 1 is 1.16 bits per heavy atom. The number of thiazole rings is 1. The minimum Gasteiger partial charge on any atom is -0.348 e. The molecule has 1 heterocycles. The number of hydrogen-bond acceptors (Lipinski definition) is 6. The lowest BCUT2D eigenvalue weighted by Gasteiger charge is -2.20. The molecule has 2 aromatic carbocycles. The number of rotatable bonds is 7. The van der Waals surface area contributed by atoms with Crippen molar-refractivity contribution in [2.45, 2.75) is 30.8 Å². The number of sulfonamides is 1. The summed E-state index contributed by atoms with van der Waals surface area (Å²) in [5.74, 6) is -0.913. The van der Waals surface area contributed by atoms with Gasteiger partial charge in [0.05, 0.1) is 11.1 Å². The number of nitrogens with one attached hydrogen (secondary N) is 2. The molecule has 11 heteroatoms. The van der Waals surface area contributed by atoms with Crippen LogP contribution >= 0.6 is 11.3 Å². The van der Waals surface area contributed by atoms with E-state index in [9.17, 15) is 22.0 Å². The summed E-state index contributed by atoms with van der Waals surface area (Å²) in [4.78, 5) is 15.8. The monoisotopic (exact) mass is 466 g/mol. The molecular weight excluding hydrogens is 446 g/mol. The van der Waals surface area contributed by atoms with Gasteiger partial charge < -0.3 is 11.1 Å². The van der Waals surface area contributed by atoms with Crippen molar-refractivity contribution in [2.75, 3.05) is 4.72 Å². The van der Waals surface area contributed by atoms with Crippen LogP contribution in [0.15, 0.2) is 53.6 Å². The summed E-state index contributed by atoms with van der Waals surface area (Å²) in [6, 6.07) is 9.75. The van der Waals surface area contributed by atoms with Gasteiger partial charge in [-0.15, -0.1) is 0 Å². The molecule has 0 saturated heterocycles. The van der Waals surface area contributed by atoms with E-state index >= 15 is 0 Å². The normalized spacial score (nSPS) is 11.9. The zero-order valence-corrected chi connectivity index (χ0v) is 18.3. The Bertz CT molecular complexity index is 1200. The van der Waals surface area contributed by atoms with Gasteiger partial charge in [0.2, 0.25) is 0 Å². The first kappa shape index (κ1) is 22.8. The van der Waals surface area contributed by atoms with E-state index in [1.165, 1.54) is 30.3 Å². The number of nitrogens with two attached hydrogens (primary N) is 1. The lowest BCUT2D eigenvalue weighted by molar-refractivity contribution is 0.0950. The van der Waals surface area contributed by atoms with Crippen LogP contribution < -0.4 is 15.8 Å². The third-order valence-corrected chi connectivity index (χ3v) is 6.49. The Labute approximate surface area is 182 Å². The third kappa shape index (κ3) is 5.63. The smallest absolute Gasteiger partial charge is 0.263 e. The molecule has 4 N–H and O–H groups in total. The molecule has 1 aromatic heterocycles. The molecule has 1 amide bonds. The number of amides is 1. The SMILES string of the molecule is CC(C)(N)c1ccc(CNC(=O)c2ccc(S(=O)(=O)Nc3ncc(F)s3)cc2)cc1F. The predicted molar refractivity (Wildman–Crippen MR) is 114 cm³/mol. The van der Waals surface area contributed by atoms with Crippen LogP contribution in [0.4, 0.5) is 13.9 Å². The van der Waals surface area contributed by atoms with Crippen molar-refractivity contribution >= 4 is 32.4 Å². The number of aromatic nitrogens is 1. The molecule has 0 fully saturated rings. The Morgan fingerprint density at radius 3 is 2.39 bits per heavy atom. The van der Waals surface area contributed by atoms with Gasteiger partial charge >= 0.3 is 0 Å². The van der Waals surface area contributed by atoms with E-state index in [4.69, 9.17) is 5.73 Å². The number of hydrogen-bond donors (Lipinski definition) is 3. The summed E-state index contributed by atoms with van der Waals surface area (Å²) >= 11 is 0.559. The molecular formula is C20H20F2N4O3S2. The van der Waals surface area contributed by atoms with E-state index in [1.54, 1.807) is 26.0 Å². The molecule has 164 valence electrons. The lowest BCUT2D eigenvalue weighted by Crippen LogP contribution is -2.30. The van der Waals surface area contributed by atoms with Crippen molar-refractivity contribution in [2.24, 2.45) is 5.73 Å². The van der Waals surface area contributed by atoms with Gasteiger partial charge in [-0.25, -0.2) is 17.8 Å². The summed E-state index contributed by atoms with van der Waals surface area (Å²) in [7, 11) is -3.97. The largest absolute Gasteiger partial charge is 0.348 e. The minimum absolute atomic E-state index is 0.0816. The van der Waals surface area contributed by atoms with Gasteiger partial charge in [-0.1, -0.05) is 23.5 Å². The highest BCUT2D eigenvalue weighted by molar-refractivity contribution is 7.93. The van der Waals surface area contributed by atoms with Crippen molar-refractivity contribution in [1.29, 1.82) is 0 Å². The lowest BCUT2D eigenvalue weighted by atomic mass is 9.94. The molecule has 0 radical (unpaired) electrons. The van der Waals surface area contributed by atoms with Crippen LogP contribution in [-0.2, 0) is 22.1 Å². The average molecular weight is 467 g/mol. The minimum atomic E-state index is -3.97. The van der Waals surface area contributed by atoms with Crippen LogP contribution in [0.2, 0.25) is 0 Å². The average Bonchev–Trinajstić information content (AvgIpc) is 3.09. The fourth-order valence-corrected chi connectivity index (χ4v) is 4.52. The molecule has 0 unspecified atom stereocenters. The van der Waals surface area contributed by atoms with Gasteiger partial charge in [-0.2, -0.15) is 4.39 Å². The highest BCUT2D eigenvalue weighted by Gasteiger charge is 2.19. The van der Waals surface area contributed by atoms with Gasteiger partial charge in [0.15, 0.2) is 10.3 Å². The van der Waals surface area contributed by atoms with E-state index in [2.05, 4.69) is 15.0 Å². The van der Waals surface area contributed by atoms with Gasteiger partial charge in [0.1, 0.15) is 5.82 Å². The molecule has 31 heavy (non-hydrogen) atoms. The summed E-state index contributed by atoms with van der Waals surface area (Å²) in [5.41, 5.74) is 6.24. The van der Waals surface area contributed by atoms with Crippen LogP contribution in [0, 0.1) is 10.9 Å². The highest BCUT2D eigenvalue weighted by atomic mass is 32.2. The number of anilines is 1. The quantitative estimate of drug-likeness (QED) is 0.494. The Kier molecular flexibility index (Phi) is 6.39. The van der Waals surface area contributed by atoms with Gasteiger partial charge in [-0.05, 0) is 49.7 Å². The first-order valence-corrected chi connectivity index (χ1v) is 11.4. The first-order chi connectivity index (χ1) is 14.5. The number of carbonyl (C=O) groups excluding carboxylic acids is 1. The van der Waals surface area contributed by atoms with Crippen LogP contribution in [-0.4, -0.2) is 19.3 Å². The third-order valence-electron chi connectivity index (χ3n) is 4.31. The van der Waals surface area contributed by atoms with E-state index in [0.717, 1.165) is 6.20 Å². The second-order valence-corrected chi connectivity index (χ2v) is 9.98. The summed E-state index contributed by atoms with van der Waals surface area (Å²) in [5, 5.41) is 1.93. The summed E-state index contributed by atoms with van der Waals surface area (Å²) in [6.07, 6.45) is 0.909. The number of nitrogens with zero attached hydrogens (tertiary/aromatic N) is 1. The molecule has 3 rings (SSSR count). The zero-order chi connectivity index (χ0) is 22.8. The standard InChI is InChI=1S/C20H20F2N4O3S2/c1-20(2,23)15-8-3-12(9-16(15)21)10-24-18(27)13-4-6-14(7-5-13)31(28,29)26-19-25-11-17(22)30-19/h3-9,11H,10,23H2,1-2H3,(H,24,27)(H,25,26). The first-order valence-electron chi connectivity index (χ1n) is 9.06. The molecule has 0 atom stereocenters. The second-order valence-electron chi connectivity index (χ2n) is 7.32. The van der Waals surface area contributed by atoms with Crippen LogP contribution in [0.1, 0.15) is 35.3 Å². The van der Waals surface area contributed by atoms with Gasteiger partial charge in [0.25, 0.3) is 15.9 Å². The van der Waals surface area contributed by atoms with Gasteiger partial charge in [-0.3, -0.25) is 9.52 Å². The van der Waals surface area contributed by atoms with Crippen LogP contribution in [0.3, 0.4) is 0 Å². The topological polar surface area (TPSA) is 114 Å². The van der Waals surface area contributed by atoms with Crippen LogP contribution in [0.5, 0.6) is 0 Å². The molecule has 0 aliphatic carbocycles. The van der Waals surface area contributed by atoms with Crippen molar-refractivity contribution < 1.29 is 22.0 Å². The Hall–Kier alpha value is -2.89. The number of carbonyl (C=O) groups is 1. The maximum atomic E-state index is 14.2. The fraction of sp³-hybridized carbons (Fsp3) is 0.200. The number of benzene rings is 2. The summed E-state index contributed by atoms with van der Waals surface area (Å²) in [6.45, 7) is 3.47.